The number of hydrogen-bond donors (Lipinski definition) is 2. The Hall–Kier alpha value is -2.99. The van der Waals surface area contributed by atoms with Crippen LogP contribution >= 0.6 is 11.6 Å². The first-order valence-electron chi connectivity index (χ1n) is 7.70. The van der Waals surface area contributed by atoms with E-state index in [1.807, 2.05) is 43.3 Å². The van der Waals surface area contributed by atoms with Crippen LogP contribution in [0.3, 0.4) is 0 Å². The molecule has 0 saturated heterocycles. The summed E-state index contributed by atoms with van der Waals surface area (Å²) in [6.07, 6.45) is 1.68. The first-order chi connectivity index (χ1) is 12.2. The van der Waals surface area contributed by atoms with E-state index >= 15 is 0 Å². The maximum absolute atomic E-state index is 6.15. The summed E-state index contributed by atoms with van der Waals surface area (Å²) in [5.41, 5.74) is 2.70. The van der Waals surface area contributed by atoms with Crippen LogP contribution in [0.1, 0.15) is 5.56 Å². The van der Waals surface area contributed by atoms with Crippen LogP contribution in [0.5, 0.6) is 11.5 Å². The topological polar surface area (TPSA) is 68.3 Å². The number of rotatable bonds is 4. The zero-order chi connectivity index (χ0) is 17.2. The number of hydrogen-bond acceptors (Lipinski definition) is 6. The molecule has 1 aromatic heterocycles. The largest absolute Gasteiger partial charge is 0.454 e. The van der Waals surface area contributed by atoms with Crippen LogP contribution in [0.25, 0.3) is 0 Å². The van der Waals surface area contributed by atoms with Crippen LogP contribution in [0.15, 0.2) is 48.7 Å². The molecule has 0 amide bonds. The van der Waals surface area contributed by atoms with Gasteiger partial charge in [0.1, 0.15) is 5.82 Å². The third-order valence-corrected chi connectivity index (χ3v) is 4.14. The Morgan fingerprint density at radius 2 is 1.76 bits per heavy atom. The van der Waals surface area contributed by atoms with Crippen molar-refractivity contribution in [3.8, 4) is 11.5 Å². The van der Waals surface area contributed by atoms with Crippen LogP contribution in [0.4, 0.5) is 23.1 Å². The second-order valence-electron chi connectivity index (χ2n) is 5.55. The minimum absolute atomic E-state index is 0.249. The first-order valence-corrected chi connectivity index (χ1v) is 8.08. The lowest BCUT2D eigenvalue weighted by atomic mass is 10.2. The van der Waals surface area contributed by atoms with Gasteiger partial charge >= 0.3 is 0 Å². The van der Waals surface area contributed by atoms with Crippen molar-refractivity contribution in [2.45, 2.75) is 6.92 Å². The Morgan fingerprint density at radius 3 is 2.64 bits per heavy atom. The molecule has 0 spiro atoms. The van der Waals surface area contributed by atoms with E-state index < -0.39 is 0 Å². The summed E-state index contributed by atoms with van der Waals surface area (Å²) in [4.78, 5) is 8.70. The van der Waals surface area contributed by atoms with Gasteiger partial charge in [0, 0.05) is 28.7 Å². The quantitative estimate of drug-likeness (QED) is 0.710. The lowest BCUT2D eigenvalue weighted by Crippen LogP contribution is -2.00. The highest BCUT2D eigenvalue weighted by Gasteiger charge is 2.13. The summed E-state index contributed by atoms with van der Waals surface area (Å²) in [7, 11) is 0. The number of anilines is 4. The molecule has 1 aliphatic heterocycles. The zero-order valence-electron chi connectivity index (χ0n) is 13.4. The molecular weight excluding hydrogens is 340 g/mol. The first kappa shape index (κ1) is 15.5. The van der Waals surface area contributed by atoms with Gasteiger partial charge in [-0.05, 0) is 42.8 Å². The average Bonchev–Trinajstić information content (AvgIpc) is 3.06. The molecule has 6 nitrogen and oxygen atoms in total. The zero-order valence-corrected chi connectivity index (χ0v) is 14.2. The monoisotopic (exact) mass is 354 g/mol. The fraction of sp³-hybridized carbons (Fsp3) is 0.111. The molecule has 0 saturated carbocycles. The van der Waals surface area contributed by atoms with Crippen LogP contribution in [-0.2, 0) is 0 Å². The van der Waals surface area contributed by atoms with Crippen molar-refractivity contribution >= 4 is 34.7 Å². The molecule has 0 bridgehead atoms. The molecule has 25 heavy (non-hydrogen) atoms. The normalized spacial score (nSPS) is 12.1. The predicted octanol–water partition coefficient (Wildman–Crippen LogP) is 4.65. The van der Waals surface area contributed by atoms with Crippen molar-refractivity contribution in [3.05, 3.63) is 59.2 Å². The Balaban J connectivity index is 1.52. The van der Waals surface area contributed by atoms with Gasteiger partial charge in [0.2, 0.25) is 12.7 Å². The number of fused-ring (bicyclic) bond motifs is 1. The summed E-state index contributed by atoms with van der Waals surface area (Å²) in [6, 6.07) is 13.1. The van der Waals surface area contributed by atoms with Gasteiger partial charge in [-0.1, -0.05) is 17.7 Å². The SMILES string of the molecule is Cc1ccc(Nc2nccc(Nc3ccc4c(c3)OCO4)n2)cc1Cl. The van der Waals surface area contributed by atoms with Crippen molar-refractivity contribution in [3.63, 3.8) is 0 Å². The van der Waals surface area contributed by atoms with E-state index in [0.717, 1.165) is 22.7 Å². The average molecular weight is 355 g/mol. The fourth-order valence-electron chi connectivity index (χ4n) is 2.41. The molecule has 1 aliphatic rings. The summed E-state index contributed by atoms with van der Waals surface area (Å²) in [6.45, 7) is 2.21. The minimum Gasteiger partial charge on any atom is -0.454 e. The van der Waals surface area contributed by atoms with Crippen molar-refractivity contribution in [2.24, 2.45) is 0 Å². The molecule has 0 aliphatic carbocycles. The summed E-state index contributed by atoms with van der Waals surface area (Å²) in [5, 5.41) is 7.07. The molecular formula is C18H15ClN4O2. The third-order valence-electron chi connectivity index (χ3n) is 3.73. The van der Waals surface area contributed by atoms with Gasteiger partial charge in [-0.2, -0.15) is 4.98 Å². The summed E-state index contributed by atoms with van der Waals surface area (Å²) < 4.78 is 10.7. The lowest BCUT2D eigenvalue weighted by molar-refractivity contribution is 0.174. The highest BCUT2D eigenvalue weighted by atomic mass is 35.5. The van der Waals surface area contributed by atoms with Gasteiger partial charge in [-0.3, -0.25) is 0 Å². The molecule has 126 valence electrons. The smallest absolute Gasteiger partial charge is 0.231 e. The number of benzene rings is 2. The molecule has 0 unspecified atom stereocenters. The van der Waals surface area contributed by atoms with Crippen LogP contribution in [0.2, 0.25) is 5.02 Å². The van der Waals surface area contributed by atoms with Crippen molar-refractivity contribution in [1.82, 2.24) is 9.97 Å². The number of aromatic nitrogens is 2. The van der Waals surface area contributed by atoms with Gasteiger partial charge in [-0.15, -0.1) is 0 Å². The third kappa shape index (κ3) is 3.44. The minimum atomic E-state index is 0.249. The van der Waals surface area contributed by atoms with Crippen molar-refractivity contribution in [2.75, 3.05) is 17.4 Å². The lowest BCUT2D eigenvalue weighted by Gasteiger charge is -2.09. The Morgan fingerprint density at radius 1 is 0.960 bits per heavy atom. The predicted molar refractivity (Wildman–Crippen MR) is 97.4 cm³/mol. The molecule has 7 heteroatoms. The molecule has 0 radical (unpaired) electrons. The Kier molecular flexibility index (Phi) is 4.03. The standard InChI is InChI=1S/C18H15ClN4O2/c1-11-2-3-12(8-14(11)19)22-18-20-7-6-17(23-18)21-13-4-5-15-16(9-13)25-10-24-15/h2-9H,10H2,1H3,(H2,20,21,22,23). The van der Waals surface area contributed by atoms with Gasteiger partial charge < -0.3 is 20.1 Å². The van der Waals surface area contributed by atoms with Crippen LogP contribution in [0, 0.1) is 6.92 Å². The van der Waals surface area contributed by atoms with E-state index in [-0.39, 0.29) is 6.79 Å². The van der Waals surface area contributed by atoms with E-state index in [1.165, 1.54) is 0 Å². The summed E-state index contributed by atoms with van der Waals surface area (Å²) >= 11 is 6.15. The van der Waals surface area contributed by atoms with Gasteiger partial charge in [-0.25, -0.2) is 4.98 Å². The number of aryl methyl sites for hydroxylation is 1. The number of nitrogens with zero attached hydrogens (tertiary/aromatic N) is 2. The van der Waals surface area contributed by atoms with Gasteiger partial charge in [0.25, 0.3) is 0 Å². The molecule has 4 rings (SSSR count). The highest BCUT2D eigenvalue weighted by Crippen LogP contribution is 2.35. The van der Waals surface area contributed by atoms with E-state index in [0.29, 0.717) is 22.5 Å². The van der Waals surface area contributed by atoms with E-state index in [1.54, 1.807) is 12.3 Å². The maximum Gasteiger partial charge on any atom is 0.231 e. The summed E-state index contributed by atoms with van der Waals surface area (Å²) in [5.74, 6) is 2.60. The Bertz CT molecular complexity index is 933. The fourth-order valence-corrected chi connectivity index (χ4v) is 2.59. The molecule has 2 N–H and O–H groups in total. The Labute approximate surface area is 149 Å². The number of halogens is 1. The highest BCUT2D eigenvalue weighted by molar-refractivity contribution is 6.31. The molecule has 3 aromatic rings. The molecule has 2 heterocycles. The molecule has 0 fully saturated rings. The van der Waals surface area contributed by atoms with Gasteiger partial charge in [0.05, 0.1) is 0 Å². The molecule has 0 atom stereocenters. The van der Waals surface area contributed by atoms with Crippen molar-refractivity contribution < 1.29 is 9.47 Å². The van der Waals surface area contributed by atoms with E-state index in [4.69, 9.17) is 21.1 Å². The van der Waals surface area contributed by atoms with Crippen LogP contribution < -0.4 is 20.1 Å². The van der Waals surface area contributed by atoms with E-state index in [2.05, 4.69) is 20.6 Å². The number of ether oxygens (including phenoxy) is 2. The van der Waals surface area contributed by atoms with Crippen molar-refractivity contribution in [1.29, 1.82) is 0 Å². The van der Waals surface area contributed by atoms with Gasteiger partial charge in [0.15, 0.2) is 11.5 Å². The van der Waals surface area contributed by atoms with Crippen LogP contribution in [-0.4, -0.2) is 16.8 Å². The maximum atomic E-state index is 6.15. The molecule has 2 aromatic carbocycles. The second kappa shape index (κ2) is 6.49. The number of nitrogens with one attached hydrogen (secondary N) is 2. The van der Waals surface area contributed by atoms with E-state index in [9.17, 15) is 0 Å². The second-order valence-corrected chi connectivity index (χ2v) is 5.95.